The van der Waals surface area contributed by atoms with Crippen LogP contribution >= 0.6 is 0 Å². The number of aryl methyl sites for hydroxylation is 1. The Labute approximate surface area is 99.3 Å². The summed E-state index contributed by atoms with van der Waals surface area (Å²) in [6.45, 7) is 1.56. The number of nitrogens with zero attached hydrogens (tertiary/aromatic N) is 1. The van der Waals surface area contributed by atoms with Gasteiger partial charge in [-0.05, 0) is 30.5 Å². The first-order valence-corrected chi connectivity index (χ1v) is 5.16. The molecule has 0 heterocycles. The van der Waals surface area contributed by atoms with Crippen LogP contribution in [-0.2, 0) is 6.42 Å². The minimum atomic E-state index is -1.16. The van der Waals surface area contributed by atoms with Crippen LogP contribution in [0, 0.1) is 18.3 Å². The fourth-order valence-corrected chi connectivity index (χ4v) is 1.60. The van der Waals surface area contributed by atoms with Crippen molar-refractivity contribution in [1.29, 1.82) is 5.26 Å². The van der Waals surface area contributed by atoms with E-state index in [9.17, 15) is 4.79 Å². The lowest BCUT2D eigenvalue weighted by molar-refractivity contribution is 0.177. The van der Waals surface area contributed by atoms with E-state index in [2.05, 4.69) is 11.4 Å². The van der Waals surface area contributed by atoms with Crippen molar-refractivity contribution in [3.05, 3.63) is 34.9 Å². The Hall–Kier alpha value is -2.06. The molecular weight excluding hydrogens is 220 g/mol. The number of carboxylic acid groups (broad SMARTS) is 1. The molecule has 0 aliphatic rings. The fourth-order valence-electron chi connectivity index (χ4n) is 1.60. The van der Waals surface area contributed by atoms with Crippen molar-refractivity contribution >= 4 is 6.09 Å². The van der Waals surface area contributed by atoms with Crippen LogP contribution < -0.4 is 5.32 Å². The summed E-state index contributed by atoms with van der Waals surface area (Å²) in [6, 6.07) is 6.82. The van der Waals surface area contributed by atoms with Crippen LogP contribution in [0.15, 0.2) is 18.2 Å². The van der Waals surface area contributed by atoms with Gasteiger partial charge in [-0.15, -0.1) is 0 Å². The number of aliphatic hydroxyl groups excluding tert-OH is 1. The molecule has 5 heteroatoms. The summed E-state index contributed by atoms with van der Waals surface area (Å²) >= 11 is 0. The number of benzene rings is 1. The molecule has 1 amide bonds. The van der Waals surface area contributed by atoms with Crippen molar-refractivity contribution in [3.63, 3.8) is 0 Å². The van der Waals surface area contributed by atoms with Crippen LogP contribution in [0.2, 0.25) is 0 Å². The number of aliphatic hydroxyl groups is 1. The Morgan fingerprint density at radius 1 is 1.59 bits per heavy atom. The summed E-state index contributed by atoms with van der Waals surface area (Å²) in [5.74, 6) is 0. The molecule has 1 rings (SSSR count). The molecule has 90 valence electrons. The molecular formula is C12H14N2O3. The third-order valence-electron chi connectivity index (χ3n) is 2.44. The second-order valence-corrected chi connectivity index (χ2v) is 3.79. The highest BCUT2D eigenvalue weighted by Crippen LogP contribution is 2.11. The first kappa shape index (κ1) is 13.0. The summed E-state index contributed by atoms with van der Waals surface area (Å²) < 4.78 is 0. The average Bonchev–Trinajstić information content (AvgIpc) is 2.27. The maximum Gasteiger partial charge on any atom is 0.404 e. The van der Waals surface area contributed by atoms with Gasteiger partial charge in [0.1, 0.15) is 0 Å². The number of amides is 1. The van der Waals surface area contributed by atoms with Gasteiger partial charge >= 0.3 is 6.09 Å². The molecule has 5 nitrogen and oxygen atoms in total. The van der Waals surface area contributed by atoms with Gasteiger partial charge in [-0.1, -0.05) is 12.1 Å². The molecule has 0 spiro atoms. The summed E-state index contributed by atoms with van der Waals surface area (Å²) in [4.78, 5) is 10.5. The van der Waals surface area contributed by atoms with Crippen molar-refractivity contribution in [2.45, 2.75) is 19.4 Å². The van der Waals surface area contributed by atoms with Gasteiger partial charge in [-0.2, -0.15) is 5.26 Å². The Balaban J connectivity index is 2.77. The molecule has 17 heavy (non-hydrogen) atoms. The summed E-state index contributed by atoms with van der Waals surface area (Å²) in [6.07, 6.45) is -0.760. The molecule has 1 aromatic rings. The van der Waals surface area contributed by atoms with E-state index >= 15 is 0 Å². The highest BCUT2D eigenvalue weighted by Gasteiger charge is 2.11. The third-order valence-corrected chi connectivity index (χ3v) is 2.44. The second-order valence-electron chi connectivity index (χ2n) is 3.79. The van der Waals surface area contributed by atoms with E-state index in [4.69, 9.17) is 15.5 Å². The lowest BCUT2D eigenvalue weighted by Crippen LogP contribution is -2.38. The van der Waals surface area contributed by atoms with Crippen molar-refractivity contribution in [2.24, 2.45) is 0 Å². The van der Waals surface area contributed by atoms with Crippen molar-refractivity contribution in [2.75, 3.05) is 6.61 Å². The number of hydrogen-bond acceptors (Lipinski definition) is 3. The standard InChI is InChI=1S/C12H14N2O3/c1-8-4-9(2-3-10(8)6-13)5-11(7-15)14-12(16)17/h2-4,11,14-15H,5,7H2,1H3,(H,16,17). The van der Waals surface area contributed by atoms with E-state index in [1.54, 1.807) is 12.1 Å². The van der Waals surface area contributed by atoms with E-state index in [0.29, 0.717) is 12.0 Å². The van der Waals surface area contributed by atoms with Crippen LogP contribution in [0.25, 0.3) is 0 Å². The number of nitriles is 1. The minimum Gasteiger partial charge on any atom is -0.465 e. The monoisotopic (exact) mass is 234 g/mol. The Bertz CT molecular complexity index is 452. The maximum atomic E-state index is 10.5. The molecule has 0 fully saturated rings. The zero-order valence-electron chi connectivity index (χ0n) is 9.47. The average molecular weight is 234 g/mol. The lowest BCUT2D eigenvalue weighted by atomic mass is 10.0. The van der Waals surface area contributed by atoms with E-state index in [1.807, 2.05) is 13.0 Å². The van der Waals surface area contributed by atoms with Crippen LogP contribution in [0.5, 0.6) is 0 Å². The van der Waals surface area contributed by atoms with E-state index in [1.165, 1.54) is 0 Å². The quantitative estimate of drug-likeness (QED) is 0.725. The normalized spacial score (nSPS) is 11.6. The fraction of sp³-hybridized carbons (Fsp3) is 0.333. The van der Waals surface area contributed by atoms with Crippen LogP contribution in [0.3, 0.4) is 0 Å². The Morgan fingerprint density at radius 2 is 2.29 bits per heavy atom. The van der Waals surface area contributed by atoms with Gasteiger partial charge in [-0.3, -0.25) is 0 Å². The van der Waals surface area contributed by atoms with Crippen LogP contribution in [-0.4, -0.2) is 29.0 Å². The molecule has 0 bridgehead atoms. The number of carbonyl (C=O) groups is 1. The van der Waals surface area contributed by atoms with E-state index < -0.39 is 12.1 Å². The molecule has 0 saturated heterocycles. The smallest absolute Gasteiger partial charge is 0.404 e. The van der Waals surface area contributed by atoms with E-state index in [-0.39, 0.29) is 6.61 Å². The summed E-state index contributed by atoms with van der Waals surface area (Å²) in [5, 5.41) is 28.6. The van der Waals surface area contributed by atoms with E-state index in [0.717, 1.165) is 11.1 Å². The zero-order chi connectivity index (χ0) is 12.8. The van der Waals surface area contributed by atoms with Gasteiger partial charge in [0.05, 0.1) is 24.3 Å². The van der Waals surface area contributed by atoms with Gasteiger partial charge in [0.25, 0.3) is 0 Å². The first-order valence-electron chi connectivity index (χ1n) is 5.16. The van der Waals surface area contributed by atoms with Crippen molar-refractivity contribution in [1.82, 2.24) is 5.32 Å². The molecule has 1 aromatic carbocycles. The largest absolute Gasteiger partial charge is 0.465 e. The molecule has 3 N–H and O–H groups in total. The maximum absolute atomic E-state index is 10.5. The molecule has 1 atom stereocenters. The predicted molar refractivity (Wildman–Crippen MR) is 61.6 cm³/mol. The highest BCUT2D eigenvalue weighted by atomic mass is 16.4. The molecule has 0 radical (unpaired) electrons. The van der Waals surface area contributed by atoms with Crippen molar-refractivity contribution < 1.29 is 15.0 Å². The first-order chi connectivity index (χ1) is 8.06. The molecule has 1 unspecified atom stereocenters. The predicted octanol–water partition coefficient (Wildman–Crippen LogP) is 1.04. The Kier molecular flexibility index (Phi) is 4.49. The summed E-state index contributed by atoms with van der Waals surface area (Å²) in [7, 11) is 0. The molecule has 0 aromatic heterocycles. The Morgan fingerprint density at radius 3 is 2.76 bits per heavy atom. The SMILES string of the molecule is Cc1cc(CC(CO)NC(=O)O)ccc1C#N. The molecule has 0 aliphatic carbocycles. The highest BCUT2D eigenvalue weighted by molar-refractivity contribution is 5.64. The van der Waals surface area contributed by atoms with Crippen LogP contribution in [0.4, 0.5) is 4.79 Å². The number of nitrogens with one attached hydrogen (secondary N) is 1. The van der Waals surface area contributed by atoms with Gasteiger partial charge in [-0.25, -0.2) is 4.79 Å². The number of hydrogen-bond donors (Lipinski definition) is 3. The van der Waals surface area contributed by atoms with Gasteiger partial charge in [0.15, 0.2) is 0 Å². The zero-order valence-corrected chi connectivity index (χ0v) is 9.47. The topological polar surface area (TPSA) is 93.3 Å². The minimum absolute atomic E-state index is 0.259. The van der Waals surface area contributed by atoms with Crippen molar-refractivity contribution in [3.8, 4) is 6.07 Å². The summed E-state index contributed by atoms with van der Waals surface area (Å²) in [5.41, 5.74) is 2.33. The van der Waals surface area contributed by atoms with Gasteiger partial charge in [0, 0.05) is 0 Å². The molecule has 0 aliphatic heterocycles. The molecule has 0 saturated carbocycles. The number of rotatable bonds is 4. The van der Waals surface area contributed by atoms with Crippen LogP contribution in [0.1, 0.15) is 16.7 Å². The second kappa shape index (κ2) is 5.87. The lowest BCUT2D eigenvalue weighted by Gasteiger charge is -2.14. The van der Waals surface area contributed by atoms with Gasteiger partial charge in [0.2, 0.25) is 0 Å². The third kappa shape index (κ3) is 3.78. The van der Waals surface area contributed by atoms with Gasteiger partial charge < -0.3 is 15.5 Å².